The summed E-state index contributed by atoms with van der Waals surface area (Å²) < 4.78 is 0. The minimum atomic E-state index is -1.61. The first-order chi connectivity index (χ1) is 15.8. The van der Waals surface area contributed by atoms with Crippen molar-refractivity contribution in [3.63, 3.8) is 0 Å². The Morgan fingerprint density at radius 1 is 0.765 bits per heavy atom. The summed E-state index contributed by atoms with van der Waals surface area (Å²) in [6, 6.07) is -5.34. The number of hydrogen-bond acceptors (Lipinski definition) is 8. The van der Waals surface area contributed by atoms with E-state index in [9.17, 15) is 33.9 Å². The zero-order valence-electron chi connectivity index (χ0n) is 19.3. The SMILES string of the molecule is CC(C)C(NC(=O)C(CC(=O)O)NC(=O)C(CCCCN)NC(=O)C(N)CCC(=O)O)C(=O)O. The highest BCUT2D eigenvalue weighted by atomic mass is 16.4. The molecule has 0 saturated carbocycles. The maximum absolute atomic E-state index is 12.8. The lowest BCUT2D eigenvalue weighted by Crippen LogP contribution is -2.58. The van der Waals surface area contributed by atoms with Gasteiger partial charge in [-0.1, -0.05) is 13.8 Å². The molecule has 0 aromatic heterocycles. The van der Waals surface area contributed by atoms with E-state index in [2.05, 4.69) is 16.0 Å². The molecule has 0 aromatic carbocycles. The number of carbonyl (C=O) groups is 6. The molecule has 0 aliphatic rings. The Balaban J connectivity index is 5.50. The number of rotatable bonds is 17. The van der Waals surface area contributed by atoms with Gasteiger partial charge in [0.25, 0.3) is 0 Å². The molecule has 194 valence electrons. The molecule has 0 aliphatic carbocycles. The second kappa shape index (κ2) is 15.6. The minimum absolute atomic E-state index is 0.0889. The van der Waals surface area contributed by atoms with Crippen molar-refractivity contribution in [2.75, 3.05) is 6.54 Å². The van der Waals surface area contributed by atoms with Crippen molar-refractivity contribution in [1.29, 1.82) is 0 Å². The van der Waals surface area contributed by atoms with E-state index in [0.717, 1.165) is 0 Å². The summed E-state index contributed by atoms with van der Waals surface area (Å²) in [6.45, 7) is 3.40. The van der Waals surface area contributed by atoms with Crippen LogP contribution in [0.4, 0.5) is 0 Å². The van der Waals surface area contributed by atoms with Crippen LogP contribution >= 0.6 is 0 Å². The Labute approximate surface area is 196 Å². The molecule has 4 unspecified atom stereocenters. The van der Waals surface area contributed by atoms with Crippen molar-refractivity contribution < 1.29 is 44.1 Å². The smallest absolute Gasteiger partial charge is 0.326 e. The summed E-state index contributed by atoms with van der Waals surface area (Å²) >= 11 is 0. The number of nitrogens with one attached hydrogen (secondary N) is 3. The van der Waals surface area contributed by atoms with Crippen LogP contribution < -0.4 is 27.4 Å². The lowest BCUT2D eigenvalue weighted by Gasteiger charge is -2.25. The maximum Gasteiger partial charge on any atom is 0.326 e. The van der Waals surface area contributed by atoms with Crippen LogP contribution in [0.5, 0.6) is 0 Å². The molecular weight excluding hydrogens is 454 g/mol. The van der Waals surface area contributed by atoms with Crippen molar-refractivity contribution >= 4 is 35.6 Å². The number of amides is 3. The van der Waals surface area contributed by atoms with Gasteiger partial charge < -0.3 is 42.7 Å². The summed E-state index contributed by atoms with van der Waals surface area (Å²) in [7, 11) is 0. The lowest BCUT2D eigenvalue weighted by molar-refractivity contribution is -0.144. The monoisotopic (exact) mass is 489 g/mol. The fourth-order valence-corrected chi connectivity index (χ4v) is 2.87. The predicted octanol–water partition coefficient (Wildman–Crippen LogP) is -2.02. The van der Waals surface area contributed by atoms with Crippen LogP contribution in [0.3, 0.4) is 0 Å². The van der Waals surface area contributed by atoms with Gasteiger partial charge in [-0.05, 0) is 38.1 Å². The van der Waals surface area contributed by atoms with E-state index in [1.807, 2.05) is 0 Å². The topological polar surface area (TPSA) is 251 Å². The molecule has 0 aliphatic heterocycles. The van der Waals surface area contributed by atoms with Gasteiger partial charge in [0, 0.05) is 6.42 Å². The fraction of sp³-hybridized carbons (Fsp3) is 0.700. The van der Waals surface area contributed by atoms with Gasteiger partial charge in [-0.2, -0.15) is 0 Å². The van der Waals surface area contributed by atoms with E-state index in [0.29, 0.717) is 19.4 Å². The predicted molar refractivity (Wildman–Crippen MR) is 118 cm³/mol. The van der Waals surface area contributed by atoms with Gasteiger partial charge in [0.05, 0.1) is 12.5 Å². The van der Waals surface area contributed by atoms with Crippen LogP contribution in [0.25, 0.3) is 0 Å². The molecule has 0 saturated heterocycles. The van der Waals surface area contributed by atoms with Gasteiger partial charge in [0.15, 0.2) is 0 Å². The van der Waals surface area contributed by atoms with Crippen LogP contribution in [-0.2, 0) is 28.8 Å². The van der Waals surface area contributed by atoms with Gasteiger partial charge in [0.2, 0.25) is 17.7 Å². The third kappa shape index (κ3) is 12.1. The zero-order valence-corrected chi connectivity index (χ0v) is 19.3. The number of carbonyl (C=O) groups excluding carboxylic acids is 3. The first-order valence-corrected chi connectivity index (χ1v) is 10.8. The molecule has 34 heavy (non-hydrogen) atoms. The third-order valence-electron chi connectivity index (χ3n) is 4.83. The largest absolute Gasteiger partial charge is 0.481 e. The summed E-state index contributed by atoms with van der Waals surface area (Å²) in [4.78, 5) is 71.0. The first-order valence-electron chi connectivity index (χ1n) is 10.8. The molecule has 10 N–H and O–H groups in total. The summed E-state index contributed by atoms with van der Waals surface area (Å²) in [6.07, 6.45) is -0.356. The van der Waals surface area contributed by atoms with E-state index < -0.39 is 72.1 Å². The molecule has 4 atom stereocenters. The molecule has 0 aromatic rings. The van der Waals surface area contributed by atoms with Crippen molar-refractivity contribution in [3.05, 3.63) is 0 Å². The molecular formula is C20H35N5O9. The van der Waals surface area contributed by atoms with Crippen LogP contribution in [0.2, 0.25) is 0 Å². The number of hydrogen-bond donors (Lipinski definition) is 8. The average Bonchev–Trinajstić information content (AvgIpc) is 2.73. The van der Waals surface area contributed by atoms with Crippen LogP contribution in [-0.4, -0.2) is 81.7 Å². The van der Waals surface area contributed by atoms with Crippen LogP contribution in [0.1, 0.15) is 52.4 Å². The van der Waals surface area contributed by atoms with Gasteiger partial charge >= 0.3 is 17.9 Å². The summed E-state index contributed by atoms with van der Waals surface area (Å²) in [5.74, 6) is -7.10. The highest BCUT2D eigenvalue weighted by Crippen LogP contribution is 2.07. The third-order valence-corrected chi connectivity index (χ3v) is 4.83. The molecule has 0 bridgehead atoms. The Bertz CT molecular complexity index is 744. The second-order valence-electron chi connectivity index (χ2n) is 8.11. The van der Waals surface area contributed by atoms with Gasteiger partial charge in [0.1, 0.15) is 18.1 Å². The standard InChI is InChI=1S/C20H35N5O9/c1-10(2)16(20(33)34)25-19(32)13(9-15(28)29)24-18(31)12(5-3-4-8-21)23-17(30)11(22)6-7-14(26)27/h10-13,16H,3-9,21-22H2,1-2H3,(H,23,30)(H,24,31)(H,25,32)(H,26,27)(H,28,29)(H,33,34). The number of aliphatic carboxylic acids is 3. The fourth-order valence-electron chi connectivity index (χ4n) is 2.87. The normalized spacial score (nSPS) is 14.4. The Kier molecular flexibility index (Phi) is 14.1. The zero-order chi connectivity index (χ0) is 26.4. The van der Waals surface area contributed by atoms with E-state index in [-0.39, 0.29) is 19.3 Å². The van der Waals surface area contributed by atoms with Gasteiger partial charge in [-0.3, -0.25) is 24.0 Å². The summed E-state index contributed by atoms with van der Waals surface area (Å²) in [5, 5.41) is 34.0. The molecule has 0 fully saturated rings. The minimum Gasteiger partial charge on any atom is -0.481 e. The van der Waals surface area contributed by atoms with Gasteiger partial charge in [-0.25, -0.2) is 4.79 Å². The lowest BCUT2D eigenvalue weighted by atomic mass is 10.0. The first kappa shape index (κ1) is 30.7. The average molecular weight is 490 g/mol. The Morgan fingerprint density at radius 3 is 1.79 bits per heavy atom. The van der Waals surface area contributed by atoms with Gasteiger partial charge in [-0.15, -0.1) is 0 Å². The van der Waals surface area contributed by atoms with E-state index in [4.69, 9.17) is 21.7 Å². The maximum atomic E-state index is 12.8. The number of unbranched alkanes of at least 4 members (excludes halogenated alkanes) is 1. The highest BCUT2D eigenvalue weighted by molar-refractivity contribution is 5.95. The number of carboxylic acids is 3. The summed E-state index contributed by atoms with van der Waals surface area (Å²) in [5.41, 5.74) is 11.1. The van der Waals surface area contributed by atoms with Crippen molar-refractivity contribution in [3.8, 4) is 0 Å². The van der Waals surface area contributed by atoms with Crippen LogP contribution in [0.15, 0.2) is 0 Å². The number of nitrogens with two attached hydrogens (primary N) is 2. The second-order valence-corrected chi connectivity index (χ2v) is 8.11. The molecule has 14 nitrogen and oxygen atoms in total. The molecule has 0 rings (SSSR count). The van der Waals surface area contributed by atoms with Crippen molar-refractivity contribution in [2.24, 2.45) is 17.4 Å². The molecule has 3 amide bonds. The number of carboxylic acid groups (broad SMARTS) is 3. The molecule has 14 heteroatoms. The molecule has 0 spiro atoms. The Morgan fingerprint density at radius 2 is 1.32 bits per heavy atom. The molecule has 0 radical (unpaired) electrons. The quantitative estimate of drug-likeness (QED) is 0.103. The van der Waals surface area contributed by atoms with Crippen molar-refractivity contribution in [1.82, 2.24) is 16.0 Å². The van der Waals surface area contributed by atoms with E-state index in [1.54, 1.807) is 13.8 Å². The van der Waals surface area contributed by atoms with Crippen LogP contribution in [0, 0.1) is 5.92 Å². The highest BCUT2D eigenvalue weighted by Gasteiger charge is 2.32. The molecule has 0 heterocycles. The van der Waals surface area contributed by atoms with Crippen molar-refractivity contribution in [2.45, 2.75) is 76.5 Å². The van der Waals surface area contributed by atoms with E-state index >= 15 is 0 Å². The van der Waals surface area contributed by atoms with E-state index in [1.165, 1.54) is 0 Å². The Hall–Kier alpha value is -3.26.